The Kier molecular flexibility index (Phi) is 8.96. The van der Waals surface area contributed by atoms with Crippen LogP contribution in [-0.4, -0.2) is 77.4 Å². The van der Waals surface area contributed by atoms with Gasteiger partial charge in [0.1, 0.15) is 23.1 Å². The zero-order chi connectivity index (χ0) is 29.6. The summed E-state index contributed by atoms with van der Waals surface area (Å²) < 4.78 is 10.6. The van der Waals surface area contributed by atoms with Crippen molar-refractivity contribution in [2.24, 2.45) is 0 Å². The van der Waals surface area contributed by atoms with Gasteiger partial charge in [0.05, 0.1) is 6.61 Å². The van der Waals surface area contributed by atoms with Crippen molar-refractivity contribution in [2.75, 3.05) is 43.0 Å². The number of anilines is 3. The van der Waals surface area contributed by atoms with Crippen LogP contribution in [0.3, 0.4) is 0 Å². The van der Waals surface area contributed by atoms with Crippen molar-refractivity contribution in [2.45, 2.75) is 33.3 Å². The Balaban J connectivity index is 1.48. The molecule has 1 saturated heterocycles. The van der Waals surface area contributed by atoms with Gasteiger partial charge in [-0.25, -0.2) is 19.6 Å². The van der Waals surface area contributed by atoms with E-state index in [0.717, 1.165) is 5.69 Å². The molecular weight excluding hydrogens is 526 g/mol. The number of esters is 1. The summed E-state index contributed by atoms with van der Waals surface area (Å²) in [6, 6.07) is 13.7. The Bertz CT molecular complexity index is 1430. The van der Waals surface area contributed by atoms with Crippen LogP contribution in [0.1, 0.15) is 64.5 Å². The van der Waals surface area contributed by atoms with Gasteiger partial charge in [0.15, 0.2) is 0 Å². The lowest BCUT2D eigenvalue weighted by Gasteiger charge is -2.36. The molecule has 0 atom stereocenters. The Hall–Kier alpha value is -4.80. The predicted octanol–water partition coefficient (Wildman–Crippen LogP) is 4.50. The van der Waals surface area contributed by atoms with Crippen LogP contribution < -0.4 is 10.2 Å². The van der Waals surface area contributed by atoms with Crippen molar-refractivity contribution in [1.29, 1.82) is 0 Å². The minimum Gasteiger partial charge on any atom is -0.462 e. The molecule has 3 aromatic rings. The van der Waals surface area contributed by atoms with E-state index >= 15 is 0 Å². The molecule has 1 N–H and O–H groups in total. The van der Waals surface area contributed by atoms with Gasteiger partial charge in [-0.2, -0.15) is 0 Å². The van der Waals surface area contributed by atoms with Gasteiger partial charge in [0.25, 0.3) is 0 Å². The van der Waals surface area contributed by atoms with Crippen molar-refractivity contribution >= 4 is 41.5 Å². The average molecular weight is 560 g/mol. The number of ketones is 1. The van der Waals surface area contributed by atoms with Gasteiger partial charge < -0.3 is 24.6 Å². The molecule has 0 bridgehead atoms. The lowest BCUT2D eigenvalue weighted by Crippen LogP contribution is -2.50. The monoisotopic (exact) mass is 559 g/mol. The summed E-state index contributed by atoms with van der Waals surface area (Å²) in [5.74, 6) is -1.14. The van der Waals surface area contributed by atoms with Gasteiger partial charge in [-0.15, -0.1) is 0 Å². The highest BCUT2D eigenvalue weighted by atomic mass is 16.6. The van der Waals surface area contributed by atoms with Gasteiger partial charge in [-0.1, -0.05) is 18.2 Å². The zero-order valence-corrected chi connectivity index (χ0v) is 23.5. The van der Waals surface area contributed by atoms with Crippen LogP contribution in [0, 0.1) is 0 Å². The molecule has 1 aromatic heterocycles. The number of piperazine rings is 1. The number of carbonyl (C=O) groups excluding carboxylic acids is 4. The maximum atomic E-state index is 13.3. The second kappa shape index (κ2) is 12.6. The fourth-order valence-corrected chi connectivity index (χ4v) is 4.22. The zero-order valence-electron chi connectivity index (χ0n) is 23.5. The first kappa shape index (κ1) is 29.2. The number of nitrogens with zero attached hydrogens (tertiary/aromatic N) is 4. The summed E-state index contributed by atoms with van der Waals surface area (Å²) in [5, 5.41) is 3.07. The van der Waals surface area contributed by atoms with Crippen molar-refractivity contribution in [3.63, 3.8) is 0 Å². The second-order valence-corrected chi connectivity index (χ2v) is 10.4. The maximum absolute atomic E-state index is 13.3. The third-order valence-electron chi connectivity index (χ3n) is 6.20. The summed E-state index contributed by atoms with van der Waals surface area (Å²) >= 11 is 0. The molecule has 0 aliphatic carbocycles. The summed E-state index contributed by atoms with van der Waals surface area (Å²) in [5.41, 5.74) is 1.46. The van der Waals surface area contributed by atoms with Crippen LogP contribution in [0.2, 0.25) is 0 Å². The molecule has 1 aliphatic heterocycles. The van der Waals surface area contributed by atoms with E-state index < -0.39 is 17.4 Å². The highest BCUT2D eigenvalue weighted by Crippen LogP contribution is 2.23. The Labute approximate surface area is 238 Å². The van der Waals surface area contributed by atoms with Crippen LogP contribution in [0.4, 0.5) is 22.1 Å². The largest absolute Gasteiger partial charge is 0.462 e. The molecular formula is C30H33N5O6. The normalized spacial score (nSPS) is 13.4. The number of carbonyl (C=O) groups is 4. The van der Waals surface area contributed by atoms with E-state index in [1.807, 2.05) is 45.0 Å². The molecule has 1 amide bonds. The highest BCUT2D eigenvalue weighted by molar-refractivity contribution is 6.13. The number of benzene rings is 2. The summed E-state index contributed by atoms with van der Waals surface area (Å²) in [6.07, 6.45) is 1.59. The molecule has 2 aromatic carbocycles. The van der Waals surface area contributed by atoms with Gasteiger partial charge >= 0.3 is 12.1 Å². The number of rotatable bonds is 8. The third-order valence-corrected chi connectivity index (χ3v) is 6.20. The fraction of sp³-hybridized carbons (Fsp3) is 0.333. The molecule has 0 saturated carbocycles. The summed E-state index contributed by atoms with van der Waals surface area (Å²) in [4.78, 5) is 61.9. The molecule has 0 spiro atoms. The van der Waals surface area contributed by atoms with E-state index in [2.05, 4.69) is 20.2 Å². The first-order valence-corrected chi connectivity index (χ1v) is 13.3. The van der Waals surface area contributed by atoms with Crippen LogP contribution in [0.5, 0.6) is 0 Å². The lowest BCUT2D eigenvalue weighted by atomic mass is 10.0. The van der Waals surface area contributed by atoms with Crippen LogP contribution in [-0.2, 0) is 9.47 Å². The summed E-state index contributed by atoms with van der Waals surface area (Å²) in [6.45, 7) is 9.78. The smallest absolute Gasteiger partial charge is 0.410 e. The van der Waals surface area contributed by atoms with Crippen molar-refractivity contribution in [1.82, 2.24) is 14.9 Å². The minimum atomic E-state index is -0.718. The lowest BCUT2D eigenvalue weighted by molar-refractivity contribution is 0.0240. The molecule has 1 aliphatic rings. The molecule has 4 rings (SSSR count). The number of ether oxygens (including phenoxy) is 2. The number of aromatic nitrogens is 2. The molecule has 41 heavy (non-hydrogen) atoms. The SMILES string of the molecule is CCOC(=O)c1cnc(Nc2ccc(N3CCN(C(=O)OC(C)(C)C)CC3)cc2)nc1C(=O)c1cccc(C=O)c1. The second-order valence-electron chi connectivity index (χ2n) is 10.4. The van der Waals surface area contributed by atoms with Crippen molar-refractivity contribution < 1.29 is 28.7 Å². The molecule has 0 radical (unpaired) electrons. The highest BCUT2D eigenvalue weighted by Gasteiger charge is 2.26. The maximum Gasteiger partial charge on any atom is 0.410 e. The minimum absolute atomic E-state index is 0.0696. The molecule has 2 heterocycles. The predicted molar refractivity (Wildman–Crippen MR) is 153 cm³/mol. The molecule has 0 unspecified atom stereocenters. The van der Waals surface area contributed by atoms with Gasteiger partial charge in [0.2, 0.25) is 11.7 Å². The Morgan fingerprint density at radius 3 is 2.37 bits per heavy atom. The first-order chi connectivity index (χ1) is 19.6. The molecule has 11 heteroatoms. The summed E-state index contributed by atoms with van der Waals surface area (Å²) in [7, 11) is 0. The number of hydrogen-bond donors (Lipinski definition) is 1. The van der Waals surface area contributed by atoms with Gasteiger partial charge in [-0.3, -0.25) is 9.59 Å². The fourth-order valence-electron chi connectivity index (χ4n) is 4.22. The van der Waals surface area contributed by atoms with E-state index in [4.69, 9.17) is 9.47 Å². The Morgan fingerprint density at radius 1 is 1.02 bits per heavy atom. The van der Waals surface area contributed by atoms with Gasteiger partial charge in [-0.05, 0) is 58.0 Å². The van der Waals surface area contributed by atoms with E-state index in [-0.39, 0.29) is 35.5 Å². The quantitative estimate of drug-likeness (QED) is 0.239. The number of hydrogen-bond acceptors (Lipinski definition) is 10. The van der Waals surface area contributed by atoms with E-state index in [1.165, 1.54) is 12.3 Å². The molecule has 1 fully saturated rings. The van der Waals surface area contributed by atoms with E-state index in [0.29, 0.717) is 43.7 Å². The average Bonchev–Trinajstić information content (AvgIpc) is 2.96. The van der Waals surface area contributed by atoms with Crippen molar-refractivity contribution in [3.05, 3.63) is 77.1 Å². The van der Waals surface area contributed by atoms with Crippen LogP contribution >= 0.6 is 0 Å². The standard InChI is InChI=1S/C30H33N5O6/c1-5-40-27(38)24-18-31-28(33-25(24)26(37)21-8-6-7-20(17-21)19-36)32-22-9-11-23(12-10-22)34-13-15-35(16-14-34)29(39)41-30(2,3)4/h6-12,17-19H,5,13-16H2,1-4H3,(H,31,32,33). The van der Waals surface area contributed by atoms with E-state index in [9.17, 15) is 19.2 Å². The van der Waals surface area contributed by atoms with Crippen LogP contribution in [0.25, 0.3) is 0 Å². The molecule has 11 nitrogen and oxygen atoms in total. The topological polar surface area (TPSA) is 131 Å². The number of aldehydes is 1. The number of amides is 1. The van der Waals surface area contributed by atoms with Gasteiger partial charge in [0, 0.05) is 54.9 Å². The third kappa shape index (κ3) is 7.44. The van der Waals surface area contributed by atoms with Crippen molar-refractivity contribution in [3.8, 4) is 0 Å². The first-order valence-electron chi connectivity index (χ1n) is 13.3. The van der Waals surface area contributed by atoms with E-state index in [1.54, 1.807) is 30.0 Å². The van der Waals surface area contributed by atoms with Crippen LogP contribution in [0.15, 0.2) is 54.7 Å². The Morgan fingerprint density at radius 2 is 1.73 bits per heavy atom. The number of nitrogens with one attached hydrogen (secondary N) is 1. The molecule has 214 valence electrons.